The van der Waals surface area contributed by atoms with E-state index in [0.717, 1.165) is 23.7 Å². The average molecular weight is 757 g/mol. The van der Waals surface area contributed by atoms with E-state index < -0.39 is 0 Å². The second-order valence-electron chi connectivity index (χ2n) is 19.5. The summed E-state index contributed by atoms with van der Waals surface area (Å²) in [7, 11) is 0. The Morgan fingerprint density at radius 3 is 1.64 bits per heavy atom. The molecule has 7 aromatic rings. The summed E-state index contributed by atoms with van der Waals surface area (Å²) in [5.74, 6) is 3.13. The van der Waals surface area contributed by atoms with E-state index in [1.165, 1.54) is 124 Å². The number of hydrogen-bond acceptors (Lipinski definition) is 2. The van der Waals surface area contributed by atoms with Crippen molar-refractivity contribution < 1.29 is 0 Å². The number of para-hydroxylation sites is 2. The number of nitrogens with zero attached hydrogens (tertiary/aromatic N) is 2. The molecule has 3 heteroatoms. The number of rotatable bonds is 2. The molecule has 59 heavy (non-hydrogen) atoms. The lowest BCUT2D eigenvalue weighted by atomic mass is 9.32. The van der Waals surface area contributed by atoms with Crippen LogP contribution in [0.2, 0.25) is 0 Å². The smallest absolute Gasteiger partial charge is 0.252 e. The van der Waals surface area contributed by atoms with Crippen molar-refractivity contribution in [3.05, 3.63) is 174 Å². The van der Waals surface area contributed by atoms with Crippen LogP contribution in [-0.4, -0.2) is 6.71 Å². The lowest BCUT2D eigenvalue weighted by Gasteiger charge is -2.45. The van der Waals surface area contributed by atoms with Gasteiger partial charge in [-0.25, -0.2) is 0 Å². The first-order valence-corrected chi connectivity index (χ1v) is 22.6. The van der Waals surface area contributed by atoms with E-state index in [0.29, 0.717) is 0 Å². The van der Waals surface area contributed by atoms with Crippen LogP contribution in [0.1, 0.15) is 73.6 Å². The molecule has 4 saturated carbocycles. The molecule has 0 aromatic heterocycles. The van der Waals surface area contributed by atoms with E-state index in [1.54, 1.807) is 22.3 Å². The topological polar surface area (TPSA) is 6.48 Å². The summed E-state index contributed by atoms with van der Waals surface area (Å²) in [6, 6.07) is 59.4. The van der Waals surface area contributed by atoms with Gasteiger partial charge >= 0.3 is 0 Å². The zero-order chi connectivity index (χ0) is 38.2. The largest absolute Gasteiger partial charge is 0.311 e. The third-order valence-corrected chi connectivity index (χ3v) is 17.4. The molecule has 0 amide bonds. The van der Waals surface area contributed by atoms with Gasteiger partial charge in [0.2, 0.25) is 0 Å². The van der Waals surface area contributed by atoms with Gasteiger partial charge in [0.05, 0.1) is 5.69 Å². The van der Waals surface area contributed by atoms with Crippen molar-refractivity contribution in [1.82, 2.24) is 0 Å². The van der Waals surface area contributed by atoms with Crippen molar-refractivity contribution in [3.8, 4) is 22.3 Å². The zero-order valence-corrected chi connectivity index (χ0v) is 33.4. The molecule has 4 fully saturated rings. The van der Waals surface area contributed by atoms with Crippen molar-refractivity contribution in [1.29, 1.82) is 0 Å². The number of fused-ring (bicyclic) bond motifs is 21. The van der Waals surface area contributed by atoms with Gasteiger partial charge in [-0.1, -0.05) is 122 Å². The van der Waals surface area contributed by atoms with Crippen molar-refractivity contribution in [3.63, 3.8) is 0 Å². The van der Waals surface area contributed by atoms with Gasteiger partial charge in [0.15, 0.2) is 0 Å². The summed E-state index contributed by atoms with van der Waals surface area (Å²) in [6.45, 7) is 0.0984. The lowest BCUT2D eigenvalue weighted by Crippen LogP contribution is -2.62. The fraction of sp³-hybridized carbons (Fsp3) is 0.250. The van der Waals surface area contributed by atoms with Crippen LogP contribution in [0, 0.1) is 23.7 Å². The Labute approximate surface area is 347 Å². The maximum Gasteiger partial charge on any atom is 0.252 e. The number of benzene rings is 7. The molecule has 0 N–H and O–H groups in total. The molecular formula is C56H45BN2. The fourth-order valence-electron chi connectivity index (χ4n) is 15.6. The van der Waals surface area contributed by atoms with E-state index >= 15 is 0 Å². The van der Waals surface area contributed by atoms with Crippen molar-refractivity contribution >= 4 is 57.2 Å². The predicted octanol–water partition coefficient (Wildman–Crippen LogP) is 11.9. The van der Waals surface area contributed by atoms with E-state index in [9.17, 15) is 0 Å². The maximum atomic E-state index is 2.69. The van der Waals surface area contributed by atoms with Gasteiger partial charge < -0.3 is 9.80 Å². The summed E-state index contributed by atoms with van der Waals surface area (Å²) in [5.41, 5.74) is 24.7. The minimum atomic E-state index is 0.0984. The summed E-state index contributed by atoms with van der Waals surface area (Å²) in [4.78, 5) is 5.30. The third kappa shape index (κ3) is 3.71. The summed E-state index contributed by atoms with van der Waals surface area (Å²) in [6.07, 6.45) is 10.9. The molecule has 6 aliphatic carbocycles. The molecular weight excluding hydrogens is 711 g/mol. The van der Waals surface area contributed by atoms with Gasteiger partial charge in [-0.15, -0.1) is 0 Å². The first-order valence-electron chi connectivity index (χ1n) is 22.6. The quantitative estimate of drug-likeness (QED) is 0.162. The minimum absolute atomic E-state index is 0.0984. The Morgan fingerprint density at radius 2 is 0.949 bits per heavy atom. The Balaban J connectivity index is 1.03. The van der Waals surface area contributed by atoms with E-state index in [4.69, 9.17) is 0 Å². The highest BCUT2D eigenvalue weighted by atomic mass is 15.2. The SMILES string of the molecule is c1ccc(N2c3cccc4c3B(c3ccccc3N4c3cccc4c3-c3ccccc3[C@@]43C[C@@H]4CC[C@H]3C4)c3c2ccc2c3-c3ccccc3[C@@]23C[C@H]2CC[C@@H]3C2)cc1. The van der Waals surface area contributed by atoms with Gasteiger partial charge in [0.25, 0.3) is 6.71 Å². The first-order chi connectivity index (χ1) is 29.2. The third-order valence-electron chi connectivity index (χ3n) is 17.4. The average Bonchev–Trinajstić information content (AvgIpc) is 4.17. The van der Waals surface area contributed by atoms with Gasteiger partial charge in [0.1, 0.15) is 0 Å². The minimum Gasteiger partial charge on any atom is -0.311 e. The summed E-state index contributed by atoms with van der Waals surface area (Å²) >= 11 is 0. The fourth-order valence-corrected chi connectivity index (χ4v) is 15.6. The van der Waals surface area contributed by atoms with E-state index in [-0.39, 0.29) is 17.5 Å². The van der Waals surface area contributed by atoms with Crippen LogP contribution in [0.15, 0.2) is 152 Å². The van der Waals surface area contributed by atoms with Crippen LogP contribution in [0.25, 0.3) is 22.3 Å². The van der Waals surface area contributed by atoms with Crippen LogP contribution >= 0.6 is 0 Å². The van der Waals surface area contributed by atoms with Crippen molar-refractivity contribution in [2.45, 2.75) is 62.2 Å². The highest BCUT2D eigenvalue weighted by Crippen LogP contribution is 2.68. The monoisotopic (exact) mass is 756 g/mol. The van der Waals surface area contributed by atoms with Crippen molar-refractivity contribution in [2.75, 3.05) is 9.80 Å². The molecule has 6 atom stereocenters. The Bertz CT molecular complexity index is 2990. The Kier molecular flexibility index (Phi) is 6.02. The molecule has 15 rings (SSSR count). The molecule has 7 aromatic carbocycles. The molecule has 0 radical (unpaired) electrons. The van der Waals surface area contributed by atoms with Crippen LogP contribution in [0.4, 0.5) is 34.1 Å². The standard InChI is InChI=1S/C56H45BN2/c1-2-12-38(13-3-1)58-48-22-11-23-49-53(48)57(54-50(58)29-28-44-52(54)40-15-5-7-17-42(40)56(44)33-35-25-27-37(56)31-35)45-19-8-9-20-46(45)59(49)47-21-10-18-43-51(47)39-14-4-6-16-41(39)55(43)32-34-24-26-36(55)30-34/h1-23,28-29,34-37H,24-27,30-33H2/t34-,35+,36+,37-,55+,56+/m1/s1. The highest BCUT2D eigenvalue weighted by Gasteiger charge is 2.60. The van der Waals surface area contributed by atoms with Gasteiger partial charge in [-0.3, -0.25) is 0 Å². The summed E-state index contributed by atoms with van der Waals surface area (Å²) < 4.78 is 0. The van der Waals surface area contributed by atoms with E-state index in [2.05, 4.69) is 161 Å². The van der Waals surface area contributed by atoms with Crippen LogP contribution in [0.3, 0.4) is 0 Å². The molecule has 4 bridgehead atoms. The van der Waals surface area contributed by atoms with Crippen molar-refractivity contribution in [2.24, 2.45) is 23.7 Å². The summed E-state index contributed by atoms with van der Waals surface area (Å²) in [5, 5.41) is 0. The molecule has 2 spiro atoms. The van der Waals surface area contributed by atoms with Gasteiger partial charge in [-0.2, -0.15) is 0 Å². The van der Waals surface area contributed by atoms with Gasteiger partial charge in [0, 0.05) is 44.8 Å². The van der Waals surface area contributed by atoms with Crippen LogP contribution in [0.5, 0.6) is 0 Å². The molecule has 2 nitrogen and oxygen atoms in total. The second kappa shape index (κ2) is 11.1. The Hall–Kier alpha value is -5.80. The molecule has 0 saturated heterocycles. The Morgan fingerprint density at radius 1 is 0.407 bits per heavy atom. The number of hydrogen-bond donors (Lipinski definition) is 0. The predicted molar refractivity (Wildman–Crippen MR) is 244 cm³/mol. The van der Waals surface area contributed by atoms with Crippen LogP contribution in [-0.2, 0) is 10.8 Å². The van der Waals surface area contributed by atoms with Gasteiger partial charge in [-0.05, 0) is 160 Å². The molecule has 0 unspecified atom stereocenters. The number of anilines is 6. The second-order valence-corrected chi connectivity index (χ2v) is 19.5. The molecule has 282 valence electrons. The molecule has 2 aliphatic heterocycles. The van der Waals surface area contributed by atoms with Crippen LogP contribution < -0.4 is 26.2 Å². The first kappa shape index (κ1) is 32.1. The normalized spacial score (nSPS) is 27.5. The highest BCUT2D eigenvalue weighted by molar-refractivity contribution is 7.01. The maximum absolute atomic E-state index is 2.69. The lowest BCUT2D eigenvalue weighted by molar-refractivity contribution is 0.327. The van der Waals surface area contributed by atoms with E-state index in [1.807, 2.05) is 0 Å². The molecule has 2 heterocycles. The molecule has 8 aliphatic rings. The zero-order valence-electron chi connectivity index (χ0n) is 33.4.